The minimum atomic E-state index is -0.0384. The van der Waals surface area contributed by atoms with Crippen LogP contribution in [0.1, 0.15) is 24.8 Å². The Kier molecular flexibility index (Phi) is 4.20. The second-order valence-corrected chi connectivity index (χ2v) is 4.77. The summed E-state index contributed by atoms with van der Waals surface area (Å²) >= 11 is 0. The predicted octanol–water partition coefficient (Wildman–Crippen LogP) is 1.31. The molecule has 0 radical (unpaired) electrons. The number of likely N-dealkylation sites (tertiary alicyclic amines) is 1. The van der Waals surface area contributed by atoms with Crippen molar-refractivity contribution in [3.8, 4) is 5.75 Å². The maximum absolute atomic E-state index is 12.2. The molecule has 1 aromatic rings. The summed E-state index contributed by atoms with van der Waals surface area (Å²) < 4.78 is 0. The van der Waals surface area contributed by atoms with Crippen LogP contribution in [0.3, 0.4) is 0 Å². The Bertz CT molecular complexity index is 419. The number of piperidine rings is 1. The van der Waals surface area contributed by atoms with Crippen LogP contribution in [-0.2, 0) is 11.2 Å². The Hall–Kier alpha value is -1.55. The van der Waals surface area contributed by atoms with Gasteiger partial charge in [0.25, 0.3) is 0 Å². The lowest BCUT2D eigenvalue weighted by atomic mass is 10.0. The van der Waals surface area contributed by atoms with Crippen molar-refractivity contribution in [3.63, 3.8) is 0 Å². The number of aliphatic hydroxyl groups is 1. The lowest BCUT2D eigenvalue weighted by Crippen LogP contribution is -2.46. The fraction of sp³-hybridized carbons (Fsp3) is 0.500. The van der Waals surface area contributed by atoms with Crippen molar-refractivity contribution < 1.29 is 15.0 Å². The van der Waals surface area contributed by atoms with Gasteiger partial charge >= 0.3 is 0 Å². The van der Waals surface area contributed by atoms with Crippen molar-refractivity contribution in [2.75, 3.05) is 13.2 Å². The summed E-state index contributed by atoms with van der Waals surface area (Å²) in [5.41, 5.74) is 0.808. The van der Waals surface area contributed by atoms with Crippen molar-refractivity contribution in [3.05, 3.63) is 29.8 Å². The zero-order valence-electron chi connectivity index (χ0n) is 10.4. The number of phenolic OH excluding ortho intramolecular Hbond substituents is 1. The van der Waals surface area contributed by atoms with E-state index in [1.54, 1.807) is 23.1 Å². The van der Waals surface area contributed by atoms with E-state index in [1.807, 2.05) is 6.07 Å². The SMILES string of the molecule is O=C(Cc1cccc(O)c1)N1CCCCC1CO. The first kappa shape index (κ1) is 12.9. The molecule has 0 bridgehead atoms. The fourth-order valence-corrected chi connectivity index (χ4v) is 2.46. The van der Waals surface area contributed by atoms with Gasteiger partial charge in [0, 0.05) is 6.54 Å². The average Bonchev–Trinajstić information content (AvgIpc) is 2.38. The third-order valence-electron chi connectivity index (χ3n) is 3.42. The Morgan fingerprint density at radius 2 is 2.22 bits per heavy atom. The van der Waals surface area contributed by atoms with E-state index in [0.717, 1.165) is 31.4 Å². The van der Waals surface area contributed by atoms with E-state index < -0.39 is 0 Å². The van der Waals surface area contributed by atoms with Gasteiger partial charge in [-0.1, -0.05) is 12.1 Å². The molecule has 0 saturated carbocycles. The third-order valence-corrected chi connectivity index (χ3v) is 3.42. The van der Waals surface area contributed by atoms with Crippen LogP contribution in [0.4, 0.5) is 0 Å². The molecule has 1 aromatic carbocycles. The number of amides is 1. The van der Waals surface area contributed by atoms with Crippen molar-refractivity contribution in [1.82, 2.24) is 4.90 Å². The molecule has 1 atom stereocenters. The average molecular weight is 249 g/mol. The lowest BCUT2D eigenvalue weighted by Gasteiger charge is -2.34. The number of hydrogen-bond donors (Lipinski definition) is 2. The van der Waals surface area contributed by atoms with Crippen molar-refractivity contribution in [2.24, 2.45) is 0 Å². The zero-order chi connectivity index (χ0) is 13.0. The van der Waals surface area contributed by atoms with Crippen molar-refractivity contribution in [2.45, 2.75) is 31.7 Å². The molecule has 1 fully saturated rings. The number of carbonyl (C=O) groups excluding carboxylic acids is 1. The van der Waals surface area contributed by atoms with Gasteiger partial charge < -0.3 is 15.1 Å². The third kappa shape index (κ3) is 3.01. The maximum atomic E-state index is 12.2. The summed E-state index contributed by atoms with van der Waals surface area (Å²) in [5, 5.41) is 18.7. The molecule has 0 spiro atoms. The molecule has 2 N–H and O–H groups in total. The second-order valence-electron chi connectivity index (χ2n) is 4.77. The molecule has 1 amide bonds. The summed E-state index contributed by atoms with van der Waals surface area (Å²) in [6, 6.07) is 6.72. The summed E-state index contributed by atoms with van der Waals surface area (Å²) in [4.78, 5) is 14.0. The van der Waals surface area contributed by atoms with Gasteiger partial charge in [-0.25, -0.2) is 0 Å². The van der Waals surface area contributed by atoms with E-state index in [4.69, 9.17) is 0 Å². The van der Waals surface area contributed by atoms with E-state index in [0.29, 0.717) is 0 Å². The Balaban J connectivity index is 2.02. The van der Waals surface area contributed by atoms with Gasteiger partial charge in [0.15, 0.2) is 0 Å². The van der Waals surface area contributed by atoms with Crippen molar-refractivity contribution in [1.29, 1.82) is 0 Å². The van der Waals surface area contributed by atoms with Crippen LogP contribution < -0.4 is 0 Å². The fourth-order valence-electron chi connectivity index (χ4n) is 2.46. The highest BCUT2D eigenvalue weighted by atomic mass is 16.3. The van der Waals surface area contributed by atoms with E-state index in [-0.39, 0.29) is 30.7 Å². The predicted molar refractivity (Wildman–Crippen MR) is 68.2 cm³/mol. The summed E-state index contributed by atoms with van der Waals surface area (Å²) in [6.07, 6.45) is 3.23. The molecule has 1 unspecified atom stereocenters. The smallest absolute Gasteiger partial charge is 0.227 e. The maximum Gasteiger partial charge on any atom is 0.227 e. The molecule has 1 saturated heterocycles. The van der Waals surface area contributed by atoms with E-state index in [9.17, 15) is 15.0 Å². The van der Waals surface area contributed by atoms with Gasteiger partial charge in [-0.2, -0.15) is 0 Å². The monoisotopic (exact) mass is 249 g/mol. The summed E-state index contributed by atoms with van der Waals surface area (Å²) in [5.74, 6) is 0.206. The van der Waals surface area contributed by atoms with Gasteiger partial charge in [0.05, 0.1) is 19.1 Å². The van der Waals surface area contributed by atoms with Gasteiger partial charge in [-0.05, 0) is 37.0 Å². The van der Waals surface area contributed by atoms with E-state index in [1.165, 1.54) is 0 Å². The van der Waals surface area contributed by atoms with Gasteiger partial charge in [0.2, 0.25) is 5.91 Å². The highest BCUT2D eigenvalue weighted by Crippen LogP contribution is 2.19. The molecular weight excluding hydrogens is 230 g/mol. The van der Waals surface area contributed by atoms with Crippen LogP contribution in [-0.4, -0.2) is 40.2 Å². The standard InChI is InChI=1S/C14H19NO3/c16-10-12-5-1-2-7-15(12)14(18)9-11-4-3-6-13(17)8-11/h3-4,6,8,12,16-17H,1-2,5,7,9-10H2. The number of carbonyl (C=O) groups is 1. The minimum absolute atomic E-state index is 0.0272. The molecule has 1 aliphatic rings. The molecule has 4 heteroatoms. The van der Waals surface area contributed by atoms with Gasteiger partial charge in [-0.3, -0.25) is 4.79 Å². The largest absolute Gasteiger partial charge is 0.508 e. The van der Waals surface area contributed by atoms with E-state index in [2.05, 4.69) is 0 Å². The molecule has 2 rings (SSSR count). The summed E-state index contributed by atoms with van der Waals surface area (Å²) in [6.45, 7) is 0.759. The molecule has 4 nitrogen and oxygen atoms in total. The number of aliphatic hydroxyl groups excluding tert-OH is 1. The quantitative estimate of drug-likeness (QED) is 0.849. The van der Waals surface area contributed by atoms with Crippen LogP contribution in [0.15, 0.2) is 24.3 Å². The van der Waals surface area contributed by atoms with E-state index >= 15 is 0 Å². The van der Waals surface area contributed by atoms with Crippen LogP contribution in [0.2, 0.25) is 0 Å². The highest BCUT2D eigenvalue weighted by molar-refractivity contribution is 5.79. The highest BCUT2D eigenvalue weighted by Gasteiger charge is 2.25. The molecular formula is C14H19NO3. The molecule has 0 aliphatic carbocycles. The lowest BCUT2D eigenvalue weighted by molar-refractivity contribution is -0.135. The Morgan fingerprint density at radius 1 is 1.39 bits per heavy atom. The number of hydrogen-bond acceptors (Lipinski definition) is 3. The van der Waals surface area contributed by atoms with Crippen LogP contribution >= 0.6 is 0 Å². The van der Waals surface area contributed by atoms with Crippen molar-refractivity contribution >= 4 is 5.91 Å². The zero-order valence-corrected chi connectivity index (χ0v) is 10.4. The molecule has 1 heterocycles. The number of benzene rings is 1. The minimum Gasteiger partial charge on any atom is -0.508 e. The number of rotatable bonds is 3. The van der Waals surface area contributed by atoms with Gasteiger partial charge in [-0.15, -0.1) is 0 Å². The normalized spacial score (nSPS) is 19.8. The topological polar surface area (TPSA) is 60.8 Å². The molecule has 18 heavy (non-hydrogen) atoms. The molecule has 98 valence electrons. The Morgan fingerprint density at radius 3 is 2.94 bits per heavy atom. The second kappa shape index (κ2) is 5.87. The number of phenols is 1. The number of nitrogens with zero attached hydrogens (tertiary/aromatic N) is 1. The number of aromatic hydroxyl groups is 1. The van der Waals surface area contributed by atoms with Crippen LogP contribution in [0, 0.1) is 0 Å². The first-order valence-electron chi connectivity index (χ1n) is 6.39. The Labute approximate surface area is 107 Å². The van der Waals surface area contributed by atoms with Gasteiger partial charge in [0.1, 0.15) is 5.75 Å². The molecule has 0 aromatic heterocycles. The first-order chi connectivity index (χ1) is 8.70. The van der Waals surface area contributed by atoms with Crippen LogP contribution in [0.5, 0.6) is 5.75 Å². The molecule has 1 aliphatic heterocycles. The van der Waals surface area contributed by atoms with Crippen LogP contribution in [0.25, 0.3) is 0 Å². The first-order valence-corrected chi connectivity index (χ1v) is 6.39. The summed E-state index contributed by atoms with van der Waals surface area (Å²) in [7, 11) is 0.